The van der Waals surface area contributed by atoms with Crippen molar-refractivity contribution in [2.75, 3.05) is 26.2 Å². The van der Waals surface area contributed by atoms with E-state index in [9.17, 15) is 9.59 Å². The zero-order chi connectivity index (χ0) is 18.8. The Morgan fingerprint density at radius 3 is 2.52 bits per heavy atom. The number of carbonyl (C=O) groups is 2. The van der Waals surface area contributed by atoms with Gasteiger partial charge in [0.2, 0.25) is 5.91 Å². The van der Waals surface area contributed by atoms with Crippen LogP contribution in [0.3, 0.4) is 0 Å². The fourth-order valence-corrected chi connectivity index (χ4v) is 4.20. The van der Waals surface area contributed by atoms with Crippen molar-refractivity contribution in [1.29, 1.82) is 0 Å². The van der Waals surface area contributed by atoms with E-state index in [0.717, 1.165) is 30.5 Å². The van der Waals surface area contributed by atoms with Crippen LogP contribution in [0.5, 0.6) is 0 Å². The van der Waals surface area contributed by atoms with Crippen LogP contribution in [0.4, 0.5) is 0 Å². The van der Waals surface area contributed by atoms with Crippen molar-refractivity contribution in [1.82, 2.24) is 14.4 Å². The van der Waals surface area contributed by atoms with Gasteiger partial charge in [0, 0.05) is 45.6 Å². The maximum absolute atomic E-state index is 12.8. The normalized spacial score (nSPS) is 16.9. The quantitative estimate of drug-likeness (QED) is 0.839. The van der Waals surface area contributed by atoms with Gasteiger partial charge in [-0.05, 0) is 48.4 Å². The first-order valence-electron chi connectivity index (χ1n) is 9.90. The van der Waals surface area contributed by atoms with E-state index in [2.05, 4.69) is 18.2 Å². The number of hydrogen-bond acceptors (Lipinski definition) is 2. The van der Waals surface area contributed by atoms with Crippen LogP contribution in [-0.4, -0.2) is 52.4 Å². The highest BCUT2D eigenvalue weighted by Crippen LogP contribution is 2.23. The van der Waals surface area contributed by atoms with Gasteiger partial charge in [0.15, 0.2) is 0 Å². The Labute approximate surface area is 160 Å². The van der Waals surface area contributed by atoms with Crippen LogP contribution < -0.4 is 0 Å². The molecule has 2 aliphatic rings. The third-order valence-corrected chi connectivity index (χ3v) is 5.73. The van der Waals surface area contributed by atoms with Crippen molar-refractivity contribution in [2.45, 2.75) is 32.1 Å². The van der Waals surface area contributed by atoms with Gasteiger partial charge < -0.3 is 14.4 Å². The minimum atomic E-state index is 0.0588. The van der Waals surface area contributed by atoms with E-state index in [1.807, 2.05) is 39.9 Å². The number of nitrogens with zero attached hydrogens (tertiary/aromatic N) is 3. The maximum atomic E-state index is 12.8. The molecule has 0 saturated carbocycles. The standard InChI is InChI=1S/C22H27N3O2/c1-23-11-8-20(16-23)22(27)25-10-3-9-24(12-13-25)21(26)15-17-6-7-18-4-2-5-19(18)14-17/h6-8,11,14,16H,2-5,9-10,12-13,15H2,1H3. The average molecular weight is 365 g/mol. The molecule has 2 heterocycles. The van der Waals surface area contributed by atoms with E-state index in [-0.39, 0.29) is 11.8 Å². The van der Waals surface area contributed by atoms with E-state index >= 15 is 0 Å². The maximum Gasteiger partial charge on any atom is 0.255 e. The van der Waals surface area contributed by atoms with Crippen LogP contribution >= 0.6 is 0 Å². The second-order valence-corrected chi connectivity index (χ2v) is 7.73. The van der Waals surface area contributed by atoms with Crippen LogP contribution in [0.25, 0.3) is 0 Å². The minimum absolute atomic E-state index is 0.0588. The molecule has 1 saturated heterocycles. The van der Waals surface area contributed by atoms with E-state index < -0.39 is 0 Å². The summed E-state index contributed by atoms with van der Waals surface area (Å²) < 4.78 is 1.89. The van der Waals surface area contributed by atoms with Gasteiger partial charge in [-0.15, -0.1) is 0 Å². The lowest BCUT2D eigenvalue weighted by Crippen LogP contribution is -2.37. The van der Waals surface area contributed by atoms with Gasteiger partial charge in [-0.3, -0.25) is 9.59 Å². The van der Waals surface area contributed by atoms with E-state index in [0.29, 0.717) is 26.1 Å². The summed E-state index contributed by atoms with van der Waals surface area (Å²) in [6.07, 6.45) is 8.55. The Bertz CT molecular complexity index is 855. The summed E-state index contributed by atoms with van der Waals surface area (Å²) in [6.45, 7) is 2.64. The van der Waals surface area contributed by atoms with Crippen molar-refractivity contribution in [3.63, 3.8) is 0 Å². The Hall–Kier alpha value is -2.56. The number of aromatic nitrogens is 1. The second kappa shape index (κ2) is 7.59. The number of fused-ring (bicyclic) bond motifs is 1. The molecule has 0 N–H and O–H groups in total. The van der Waals surface area contributed by atoms with Crippen molar-refractivity contribution in [2.24, 2.45) is 7.05 Å². The summed E-state index contributed by atoms with van der Waals surface area (Å²) in [5, 5.41) is 0. The summed E-state index contributed by atoms with van der Waals surface area (Å²) in [5.74, 6) is 0.227. The number of rotatable bonds is 3. The number of benzene rings is 1. The Morgan fingerprint density at radius 2 is 1.70 bits per heavy atom. The number of carbonyl (C=O) groups excluding carboxylic acids is 2. The van der Waals surface area contributed by atoms with Gasteiger partial charge in [0.1, 0.15) is 0 Å². The molecule has 2 amide bonds. The second-order valence-electron chi connectivity index (χ2n) is 7.73. The van der Waals surface area contributed by atoms with Gasteiger partial charge in [-0.1, -0.05) is 18.2 Å². The molecule has 1 aromatic heterocycles. The van der Waals surface area contributed by atoms with Crippen LogP contribution in [0.15, 0.2) is 36.7 Å². The summed E-state index contributed by atoms with van der Waals surface area (Å²) in [4.78, 5) is 29.2. The molecular formula is C22H27N3O2. The van der Waals surface area contributed by atoms with Gasteiger partial charge in [-0.2, -0.15) is 0 Å². The summed E-state index contributed by atoms with van der Waals surface area (Å²) in [7, 11) is 1.92. The van der Waals surface area contributed by atoms with E-state index in [1.165, 1.54) is 24.0 Å². The number of hydrogen-bond donors (Lipinski definition) is 0. The van der Waals surface area contributed by atoms with Crippen molar-refractivity contribution in [3.05, 3.63) is 58.9 Å². The first kappa shape index (κ1) is 17.8. The van der Waals surface area contributed by atoms with Gasteiger partial charge in [0.05, 0.1) is 12.0 Å². The molecule has 0 unspecified atom stereocenters. The molecule has 1 fully saturated rings. The topological polar surface area (TPSA) is 45.6 Å². The fraction of sp³-hybridized carbons (Fsp3) is 0.455. The predicted molar refractivity (Wildman–Crippen MR) is 105 cm³/mol. The van der Waals surface area contributed by atoms with Crippen molar-refractivity contribution in [3.8, 4) is 0 Å². The van der Waals surface area contributed by atoms with Gasteiger partial charge >= 0.3 is 0 Å². The highest BCUT2D eigenvalue weighted by Gasteiger charge is 2.23. The van der Waals surface area contributed by atoms with Crippen molar-refractivity contribution >= 4 is 11.8 Å². The van der Waals surface area contributed by atoms with Gasteiger partial charge in [-0.25, -0.2) is 0 Å². The summed E-state index contributed by atoms with van der Waals surface area (Å²) >= 11 is 0. The molecule has 1 aliphatic carbocycles. The SMILES string of the molecule is Cn1ccc(C(=O)N2CCCN(C(=O)Cc3ccc4c(c3)CCC4)CC2)c1. The average Bonchev–Trinajstić information content (AvgIpc) is 3.22. The fourth-order valence-electron chi connectivity index (χ4n) is 4.20. The molecule has 5 nitrogen and oxygen atoms in total. The molecule has 5 heteroatoms. The smallest absolute Gasteiger partial charge is 0.255 e. The van der Waals surface area contributed by atoms with E-state index in [4.69, 9.17) is 0 Å². The summed E-state index contributed by atoms with van der Waals surface area (Å²) in [5.41, 5.74) is 4.68. The Morgan fingerprint density at radius 1 is 0.926 bits per heavy atom. The number of aryl methyl sites for hydroxylation is 3. The van der Waals surface area contributed by atoms with Crippen LogP contribution in [0, 0.1) is 0 Å². The molecule has 27 heavy (non-hydrogen) atoms. The molecular weight excluding hydrogens is 338 g/mol. The molecule has 2 aromatic rings. The van der Waals surface area contributed by atoms with Crippen LogP contribution in [0.1, 0.15) is 39.9 Å². The molecule has 0 spiro atoms. The van der Waals surface area contributed by atoms with Crippen molar-refractivity contribution < 1.29 is 9.59 Å². The highest BCUT2D eigenvalue weighted by molar-refractivity contribution is 5.94. The van der Waals surface area contributed by atoms with Gasteiger partial charge in [0.25, 0.3) is 5.91 Å². The van der Waals surface area contributed by atoms with Crippen LogP contribution in [-0.2, 0) is 31.1 Å². The molecule has 142 valence electrons. The predicted octanol–water partition coefficient (Wildman–Crippen LogP) is 2.43. The van der Waals surface area contributed by atoms with E-state index in [1.54, 1.807) is 0 Å². The highest BCUT2D eigenvalue weighted by atomic mass is 16.2. The lowest BCUT2D eigenvalue weighted by Gasteiger charge is -2.22. The lowest BCUT2D eigenvalue weighted by molar-refractivity contribution is -0.130. The molecule has 1 aliphatic heterocycles. The summed E-state index contributed by atoms with van der Waals surface area (Å²) in [6, 6.07) is 8.35. The minimum Gasteiger partial charge on any atom is -0.356 e. The lowest BCUT2D eigenvalue weighted by atomic mass is 10.0. The molecule has 0 bridgehead atoms. The Kier molecular flexibility index (Phi) is 5.01. The molecule has 0 radical (unpaired) electrons. The molecule has 0 atom stereocenters. The zero-order valence-corrected chi connectivity index (χ0v) is 16.0. The molecule has 1 aromatic carbocycles. The Balaban J connectivity index is 1.36. The largest absolute Gasteiger partial charge is 0.356 e. The third-order valence-electron chi connectivity index (χ3n) is 5.73. The van der Waals surface area contributed by atoms with Crippen LogP contribution in [0.2, 0.25) is 0 Å². The monoisotopic (exact) mass is 365 g/mol. The first-order chi connectivity index (χ1) is 13.1. The molecule has 4 rings (SSSR count). The number of amides is 2. The third kappa shape index (κ3) is 3.92. The first-order valence-corrected chi connectivity index (χ1v) is 9.90. The zero-order valence-electron chi connectivity index (χ0n) is 16.0.